The molecule has 0 fully saturated rings. The van der Waals surface area contributed by atoms with Gasteiger partial charge in [-0.3, -0.25) is 9.59 Å². The van der Waals surface area contributed by atoms with Crippen molar-refractivity contribution in [3.63, 3.8) is 0 Å². The predicted octanol–water partition coefficient (Wildman–Crippen LogP) is 3.86. The molecule has 146 valence electrons. The van der Waals surface area contributed by atoms with Gasteiger partial charge < -0.3 is 9.64 Å². The molecule has 2 aromatic rings. The van der Waals surface area contributed by atoms with Gasteiger partial charge in [0.05, 0.1) is 12.0 Å². The summed E-state index contributed by atoms with van der Waals surface area (Å²) in [6, 6.07) is 9.53. The second-order valence-corrected chi connectivity index (χ2v) is 7.18. The van der Waals surface area contributed by atoms with Gasteiger partial charge in [-0.15, -0.1) is 0 Å². The van der Waals surface area contributed by atoms with Crippen LogP contribution < -0.4 is 4.90 Å². The number of hydrogen-bond acceptors (Lipinski definition) is 5. The van der Waals surface area contributed by atoms with Gasteiger partial charge in [-0.1, -0.05) is 0 Å². The number of anilines is 1. The second kappa shape index (κ2) is 7.67. The van der Waals surface area contributed by atoms with Gasteiger partial charge in [-0.25, -0.2) is 4.79 Å². The van der Waals surface area contributed by atoms with Crippen LogP contribution >= 0.6 is 11.8 Å². The molecule has 0 spiro atoms. The Morgan fingerprint density at radius 3 is 2.39 bits per heavy atom. The zero-order chi connectivity index (χ0) is 20.5. The number of nitrogens with zero attached hydrogens (tertiary/aromatic N) is 1. The molecule has 28 heavy (non-hydrogen) atoms. The van der Waals surface area contributed by atoms with Crippen LogP contribution in [0, 0.1) is 0 Å². The van der Waals surface area contributed by atoms with Crippen molar-refractivity contribution in [3.05, 3.63) is 59.2 Å². The summed E-state index contributed by atoms with van der Waals surface area (Å²) >= 11 is -0.287. The van der Waals surface area contributed by atoms with E-state index in [9.17, 15) is 27.6 Å². The van der Waals surface area contributed by atoms with E-state index in [1.165, 1.54) is 17.0 Å². The Hall–Kier alpha value is -2.81. The van der Waals surface area contributed by atoms with E-state index < -0.39 is 23.9 Å². The third-order valence-electron chi connectivity index (χ3n) is 4.14. The lowest BCUT2D eigenvalue weighted by Gasteiger charge is -2.10. The van der Waals surface area contributed by atoms with Crippen LogP contribution in [0.2, 0.25) is 0 Å². The van der Waals surface area contributed by atoms with Crippen LogP contribution in [0.15, 0.2) is 47.4 Å². The highest BCUT2D eigenvalue weighted by Gasteiger charge is 2.29. The smallest absolute Gasteiger partial charge is 0.446 e. The minimum Gasteiger partial charge on any atom is -0.454 e. The Kier molecular flexibility index (Phi) is 5.46. The fraction of sp³-hybridized carbons (Fsp3) is 0.211. The molecule has 1 aliphatic heterocycles. The van der Waals surface area contributed by atoms with Crippen LogP contribution in [0.25, 0.3) is 0 Å². The third kappa shape index (κ3) is 4.53. The zero-order valence-corrected chi connectivity index (χ0v) is 15.4. The molecule has 1 amide bonds. The normalized spacial score (nSPS) is 13.4. The van der Waals surface area contributed by atoms with Crippen LogP contribution in [0.3, 0.4) is 0 Å². The number of likely N-dealkylation sites (N-methyl/N-ethyl adjacent to an activating group) is 1. The van der Waals surface area contributed by atoms with Gasteiger partial charge in [-0.05, 0) is 59.8 Å². The average Bonchev–Trinajstić information content (AvgIpc) is 2.92. The maximum atomic E-state index is 12.3. The van der Waals surface area contributed by atoms with Crippen LogP contribution in [-0.2, 0) is 16.0 Å². The van der Waals surface area contributed by atoms with Crippen molar-refractivity contribution in [3.8, 4) is 0 Å². The standard InChI is InChI=1S/C19H14F3NO4S/c1-23-15-7-4-12(8-13(15)9-17(23)25)16(24)10-27-18(26)11-2-5-14(6-3-11)28-19(20,21)22/h2-8H,9-10H2,1H3. The highest BCUT2D eigenvalue weighted by Crippen LogP contribution is 2.36. The third-order valence-corrected chi connectivity index (χ3v) is 4.88. The molecule has 0 saturated carbocycles. The predicted molar refractivity (Wildman–Crippen MR) is 96.5 cm³/mol. The topological polar surface area (TPSA) is 63.7 Å². The lowest BCUT2D eigenvalue weighted by atomic mass is 10.1. The number of alkyl halides is 3. The molecular weight excluding hydrogens is 395 g/mol. The highest BCUT2D eigenvalue weighted by atomic mass is 32.2. The number of amides is 1. The van der Waals surface area contributed by atoms with E-state index in [4.69, 9.17) is 4.74 Å². The van der Waals surface area contributed by atoms with E-state index in [0.29, 0.717) is 5.56 Å². The quantitative estimate of drug-likeness (QED) is 0.426. The van der Waals surface area contributed by atoms with E-state index in [2.05, 4.69) is 0 Å². The van der Waals surface area contributed by atoms with E-state index in [0.717, 1.165) is 23.4 Å². The summed E-state index contributed by atoms with van der Waals surface area (Å²) < 4.78 is 41.9. The zero-order valence-electron chi connectivity index (χ0n) is 14.6. The Balaban J connectivity index is 1.60. The minimum absolute atomic E-state index is 0.0421. The Morgan fingerprint density at radius 2 is 1.75 bits per heavy atom. The van der Waals surface area contributed by atoms with E-state index in [1.807, 2.05) is 0 Å². The first-order valence-electron chi connectivity index (χ1n) is 8.09. The largest absolute Gasteiger partial charge is 0.454 e. The van der Waals surface area contributed by atoms with Crippen molar-refractivity contribution < 1.29 is 32.3 Å². The van der Waals surface area contributed by atoms with Crippen molar-refractivity contribution in [2.75, 3.05) is 18.6 Å². The monoisotopic (exact) mass is 409 g/mol. The van der Waals surface area contributed by atoms with Gasteiger partial charge in [-0.2, -0.15) is 13.2 Å². The molecule has 0 aliphatic carbocycles. The molecule has 2 aromatic carbocycles. The summed E-state index contributed by atoms with van der Waals surface area (Å²) in [5, 5.41) is 0. The van der Waals surface area contributed by atoms with Crippen molar-refractivity contribution in [1.82, 2.24) is 0 Å². The number of thioether (sulfide) groups is 1. The Bertz CT molecular complexity index is 941. The average molecular weight is 409 g/mol. The number of hydrogen-bond donors (Lipinski definition) is 0. The minimum atomic E-state index is -4.41. The van der Waals surface area contributed by atoms with Crippen molar-refractivity contribution in [2.45, 2.75) is 16.8 Å². The summed E-state index contributed by atoms with van der Waals surface area (Å²) in [7, 11) is 1.65. The van der Waals surface area contributed by atoms with Crippen LogP contribution in [0.4, 0.5) is 18.9 Å². The summed E-state index contributed by atoms with van der Waals surface area (Å²) in [5.74, 6) is -1.33. The van der Waals surface area contributed by atoms with E-state index >= 15 is 0 Å². The molecular formula is C19H14F3NO4S. The fourth-order valence-corrected chi connectivity index (χ4v) is 3.27. The van der Waals surface area contributed by atoms with Crippen LogP contribution in [0.1, 0.15) is 26.3 Å². The van der Waals surface area contributed by atoms with E-state index in [1.54, 1.807) is 25.2 Å². The van der Waals surface area contributed by atoms with Gasteiger partial charge in [0, 0.05) is 23.2 Å². The maximum absolute atomic E-state index is 12.3. The number of Topliss-reactive ketones (excluding diaryl/α,β-unsaturated/α-hetero) is 1. The van der Waals surface area contributed by atoms with Gasteiger partial charge in [0.2, 0.25) is 5.91 Å². The Labute approximate surface area is 162 Å². The first-order chi connectivity index (χ1) is 13.1. The van der Waals surface area contributed by atoms with Crippen LogP contribution in [-0.4, -0.2) is 36.8 Å². The van der Waals surface area contributed by atoms with Crippen molar-refractivity contribution in [2.24, 2.45) is 0 Å². The first-order valence-corrected chi connectivity index (χ1v) is 8.91. The van der Waals surface area contributed by atoms with Gasteiger partial charge in [0.1, 0.15) is 0 Å². The molecule has 0 bridgehead atoms. The summed E-state index contributed by atoms with van der Waals surface area (Å²) in [5.41, 5.74) is -2.60. The molecule has 3 rings (SSSR count). The molecule has 1 heterocycles. The summed E-state index contributed by atoms with van der Waals surface area (Å²) in [4.78, 5) is 37.4. The number of ketones is 1. The SMILES string of the molecule is CN1C(=O)Cc2cc(C(=O)COC(=O)c3ccc(SC(F)(F)F)cc3)ccc21. The fourth-order valence-electron chi connectivity index (χ4n) is 2.73. The lowest BCUT2D eigenvalue weighted by Crippen LogP contribution is -2.20. The van der Waals surface area contributed by atoms with E-state index in [-0.39, 0.29) is 34.5 Å². The number of ether oxygens (including phenoxy) is 1. The molecule has 0 unspecified atom stereocenters. The maximum Gasteiger partial charge on any atom is 0.446 e. The van der Waals surface area contributed by atoms with Crippen molar-refractivity contribution >= 4 is 35.1 Å². The molecule has 0 radical (unpaired) electrons. The highest BCUT2D eigenvalue weighted by molar-refractivity contribution is 8.00. The number of rotatable bonds is 5. The van der Waals surface area contributed by atoms with Gasteiger partial charge in [0.15, 0.2) is 12.4 Å². The number of carbonyl (C=O) groups excluding carboxylic acids is 3. The number of fused-ring (bicyclic) bond motifs is 1. The second-order valence-electron chi connectivity index (χ2n) is 6.04. The van der Waals surface area contributed by atoms with Gasteiger partial charge in [0.25, 0.3) is 0 Å². The van der Waals surface area contributed by atoms with Gasteiger partial charge >= 0.3 is 11.5 Å². The van der Waals surface area contributed by atoms with Crippen molar-refractivity contribution in [1.29, 1.82) is 0 Å². The summed E-state index contributed by atoms with van der Waals surface area (Å²) in [6.07, 6.45) is 0.203. The first kappa shape index (κ1) is 19.9. The van der Waals surface area contributed by atoms with Crippen LogP contribution in [0.5, 0.6) is 0 Å². The molecule has 0 N–H and O–H groups in total. The summed E-state index contributed by atoms with van der Waals surface area (Å²) in [6.45, 7) is -0.513. The Morgan fingerprint density at radius 1 is 1.11 bits per heavy atom. The number of halogens is 3. The molecule has 9 heteroatoms. The molecule has 1 aliphatic rings. The lowest BCUT2D eigenvalue weighted by molar-refractivity contribution is -0.117. The number of carbonyl (C=O) groups is 3. The molecule has 5 nitrogen and oxygen atoms in total. The number of esters is 1. The molecule has 0 aromatic heterocycles. The number of benzene rings is 2. The molecule has 0 saturated heterocycles. The molecule has 0 atom stereocenters.